The van der Waals surface area contributed by atoms with Gasteiger partial charge in [-0.15, -0.1) is 0 Å². The molecule has 0 aromatic heterocycles. The number of amides is 2. The summed E-state index contributed by atoms with van der Waals surface area (Å²) in [6.07, 6.45) is 0.538. The van der Waals surface area contributed by atoms with Crippen molar-refractivity contribution in [1.82, 2.24) is 5.43 Å². The van der Waals surface area contributed by atoms with Gasteiger partial charge in [0, 0.05) is 18.4 Å². The van der Waals surface area contributed by atoms with Gasteiger partial charge in [-0.1, -0.05) is 0 Å². The molecule has 2 N–H and O–H groups in total. The predicted molar refractivity (Wildman–Crippen MR) is 69.1 cm³/mol. The second kappa shape index (κ2) is 4.38. The Morgan fingerprint density at radius 2 is 2.16 bits per heavy atom. The summed E-state index contributed by atoms with van der Waals surface area (Å²) in [5.74, 6) is 0.409. The summed E-state index contributed by atoms with van der Waals surface area (Å²) < 4.78 is 5.48. The molecule has 2 aliphatic heterocycles. The molecule has 3 rings (SSSR count). The summed E-state index contributed by atoms with van der Waals surface area (Å²) in [6.45, 7) is 1.70. The van der Waals surface area contributed by atoms with Crippen LogP contribution in [0, 0.1) is 0 Å². The molecule has 0 fully saturated rings. The first-order valence-electron chi connectivity index (χ1n) is 6.11. The summed E-state index contributed by atoms with van der Waals surface area (Å²) in [5, 5.41) is 6.82. The Balaban J connectivity index is 1.92. The van der Waals surface area contributed by atoms with Crippen LogP contribution < -0.4 is 15.5 Å². The Bertz CT molecular complexity index is 595. The van der Waals surface area contributed by atoms with E-state index < -0.39 is 6.10 Å². The van der Waals surface area contributed by atoms with Gasteiger partial charge in [0.2, 0.25) is 5.91 Å². The highest BCUT2D eigenvalue weighted by atomic mass is 16.5. The van der Waals surface area contributed by atoms with Crippen molar-refractivity contribution >= 4 is 23.2 Å². The maximum Gasteiger partial charge on any atom is 0.265 e. The highest BCUT2D eigenvalue weighted by molar-refractivity contribution is 6.06. The zero-order valence-electron chi connectivity index (χ0n) is 10.4. The normalized spacial score (nSPS) is 21.7. The Kier molecular flexibility index (Phi) is 2.70. The number of carbonyl (C=O) groups is 2. The van der Waals surface area contributed by atoms with Crippen LogP contribution in [0.5, 0.6) is 5.75 Å². The zero-order valence-corrected chi connectivity index (χ0v) is 10.4. The van der Waals surface area contributed by atoms with Gasteiger partial charge in [0.05, 0.1) is 11.4 Å². The van der Waals surface area contributed by atoms with E-state index in [1.165, 1.54) is 0 Å². The van der Waals surface area contributed by atoms with Crippen molar-refractivity contribution in [3.8, 4) is 5.75 Å². The summed E-state index contributed by atoms with van der Waals surface area (Å²) >= 11 is 0. The molecule has 6 heteroatoms. The third kappa shape index (κ3) is 2.16. The minimum absolute atomic E-state index is 0.0767. The molecule has 2 amide bonds. The number of hydrogen-bond donors (Lipinski definition) is 2. The van der Waals surface area contributed by atoms with Crippen LogP contribution in [0.25, 0.3) is 0 Å². The highest BCUT2D eigenvalue weighted by Gasteiger charge is 2.24. The number of hydrazone groups is 1. The Labute approximate surface area is 109 Å². The molecule has 0 unspecified atom stereocenters. The number of carbonyl (C=O) groups excluding carboxylic acids is 2. The molecule has 1 aromatic carbocycles. The maximum atomic E-state index is 11.6. The molecule has 0 aliphatic carbocycles. The molecule has 0 spiro atoms. The van der Waals surface area contributed by atoms with Gasteiger partial charge in [0.25, 0.3) is 5.91 Å². The Morgan fingerprint density at radius 3 is 2.89 bits per heavy atom. The molecule has 98 valence electrons. The van der Waals surface area contributed by atoms with Crippen LogP contribution in [0.15, 0.2) is 23.3 Å². The molecule has 0 bridgehead atoms. The molecule has 0 saturated carbocycles. The standard InChI is InChI=1S/C13H13N3O3/c1-7-13(18)14-10-6-8(2-4-11(10)19-7)9-3-5-12(17)16-15-9/h2,4,6-7H,3,5H2,1H3,(H,14,18)(H,16,17)/t7-/m0/s1. The molecular weight excluding hydrogens is 246 g/mol. The fraction of sp³-hybridized carbons (Fsp3) is 0.308. The van der Waals surface area contributed by atoms with Crippen LogP contribution in [0.4, 0.5) is 5.69 Å². The average Bonchev–Trinajstić information content (AvgIpc) is 2.40. The smallest absolute Gasteiger partial charge is 0.265 e. The number of anilines is 1. The van der Waals surface area contributed by atoms with Gasteiger partial charge in [-0.25, -0.2) is 5.43 Å². The van der Waals surface area contributed by atoms with Gasteiger partial charge in [-0.05, 0) is 25.1 Å². The summed E-state index contributed by atoms with van der Waals surface area (Å²) in [4.78, 5) is 22.6. The van der Waals surface area contributed by atoms with Crippen molar-refractivity contribution in [1.29, 1.82) is 0 Å². The van der Waals surface area contributed by atoms with Crippen molar-refractivity contribution in [3.05, 3.63) is 23.8 Å². The van der Waals surface area contributed by atoms with E-state index in [9.17, 15) is 9.59 Å². The number of nitrogens with one attached hydrogen (secondary N) is 2. The molecular formula is C13H13N3O3. The Hall–Kier alpha value is -2.37. The van der Waals surface area contributed by atoms with Crippen LogP contribution in [0.1, 0.15) is 25.3 Å². The molecule has 1 aromatic rings. The zero-order chi connectivity index (χ0) is 13.4. The number of hydrogen-bond acceptors (Lipinski definition) is 4. The van der Waals surface area contributed by atoms with Gasteiger partial charge < -0.3 is 10.1 Å². The molecule has 2 aliphatic rings. The summed E-state index contributed by atoms with van der Waals surface area (Å²) in [5.41, 5.74) is 4.77. The second-order valence-electron chi connectivity index (χ2n) is 4.55. The molecule has 0 radical (unpaired) electrons. The number of fused-ring (bicyclic) bond motifs is 1. The van der Waals surface area contributed by atoms with E-state index in [0.717, 1.165) is 11.3 Å². The Morgan fingerprint density at radius 1 is 1.32 bits per heavy atom. The predicted octanol–water partition coefficient (Wildman–Crippen LogP) is 1.02. The number of benzene rings is 1. The fourth-order valence-electron chi connectivity index (χ4n) is 2.07. The van der Waals surface area contributed by atoms with E-state index in [1.54, 1.807) is 13.0 Å². The monoisotopic (exact) mass is 259 g/mol. The number of ether oxygens (including phenoxy) is 1. The second-order valence-corrected chi connectivity index (χ2v) is 4.55. The first kappa shape index (κ1) is 11.7. The molecule has 2 heterocycles. The first-order chi connectivity index (χ1) is 9.13. The summed E-state index contributed by atoms with van der Waals surface area (Å²) in [6, 6.07) is 5.49. The van der Waals surface area contributed by atoms with E-state index in [0.29, 0.717) is 24.3 Å². The minimum Gasteiger partial charge on any atom is -0.479 e. The van der Waals surface area contributed by atoms with Crippen LogP contribution in [0.2, 0.25) is 0 Å². The highest BCUT2D eigenvalue weighted by Crippen LogP contribution is 2.31. The third-order valence-electron chi connectivity index (χ3n) is 3.15. The van der Waals surface area contributed by atoms with E-state index in [2.05, 4.69) is 15.8 Å². The van der Waals surface area contributed by atoms with Gasteiger partial charge in [0.15, 0.2) is 6.10 Å². The van der Waals surface area contributed by atoms with E-state index in [4.69, 9.17) is 4.74 Å². The van der Waals surface area contributed by atoms with Gasteiger partial charge in [-0.3, -0.25) is 9.59 Å². The van der Waals surface area contributed by atoms with Crippen LogP contribution in [-0.2, 0) is 9.59 Å². The van der Waals surface area contributed by atoms with Gasteiger partial charge >= 0.3 is 0 Å². The maximum absolute atomic E-state index is 11.6. The van der Waals surface area contributed by atoms with Crippen molar-refractivity contribution in [2.24, 2.45) is 5.10 Å². The largest absolute Gasteiger partial charge is 0.479 e. The van der Waals surface area contributed by atoms with E-state index in [1.807, 2.05) is 12.1 Å². The molecule has 0 saturated heterocycles. The molecule has 1 atom stereocenters. The van der Waals surface area contributed by atoms with Crippen molar-refractivity contribution in [3.63, 3.8) is 0 Å². The minimum atomic E-state index is -0.482. The topological polar surface area (TPSA) is 79.8 Å². The molecule has 6 nitrogen and oxygen atoms in total. The van der Waals surface area contributed by atoms with E-state index >= 15 is 0 Å². The average molecular weight is 259 g/mol. The van der Waals surface area contributed by atoms with E-state index in [-0.39, 0.29) is 11.8 Å². The van der Waals surface area contributed by atoms with Crippen LogP contribution in [-0.4, -0.2) is 23.6 Å². The molecule has 19 heavy (non-hydrogen) atoms. The van der Waals surface area contributed by atoms with Crippen molar-refractivity contribution in [2.75, 3.05) is 5.32 Å². The lowest BCUT2D eigenvalue weighted by Crippen LogP contribution is -2.34. The third-order valence-corrected chi connectivity index (χ3v) is 3.15. The van der Waals surface area contributed by atoms with Crippen molar-refractivity contribution in [2.45, 2.75) is 25.9 Å². The van der Waals surface area contributed by atoms with Crippen molar-refractivity contribution < 1.29 is 14.3 Å². The quantitative estimate of drug-likeness (QED) is 0.790. The van der Waals surface area contributed by atoms with Crippen LogP contribution in [0.3, 0.4) is 0 Å². The lowest BCUT2D eigenvalue weighted by molar-refractivity contribution is -0.123. The SMILES string of the molecule is C[C@@H]1Oc2ccc(C3=NNC(=O)CC3)cc2NC1=O. The first-order valence-corrected chi connectivity index (χ1v) is 6.11. The lowest BCUT2D eigenvalue weighted by Gasteiger charge is -2.24. The number of rotatable bonds is 1. The lowest BCUT2D eigenvalue weighted by atomic mass is 10.0. The fourth-order valence-corrected chi connectivity index (χ4v) is 2.07. The van der Waals surface area contributed by atoms with Gasteiger partial charge in [-0.2, -0.15) is 5.10 Å². The number of nitrogens with zero attached hydrogens (tertiary/aromatic N) is 1. The van der Waals surface area contributed by atoms with Gasteiger partial charge in [0.1, 0.15) is 5.75 Å². The summed E-state index contributed by atoms with van der Waals surface area (Å²) in [7, 11) is 0. The van der Waals surface area contributed by atoms with Crippen LogP contribution >= 0.6 is 0 Å².